The first-order chi connectivity index (χ1) is 3.72. The van der Waals surface area contributed by atoms with Gasteiger partial charge in [0.05, 0.1) is 12.7 Å². The maximum atomic E-state index is 10.2. The molecule has 0 aliphatic carbocycles. The molecule has 0 radical (unpaired) electrons. The third-order valence-electron chi connectivity index (χ3n) is 0.590. The van der Waals surface area contributed by atoms with E-state index < -0.39 is 5.97 Å². The van der Waals surface area contributed by atoms with E-state index in [1.807, 2.05) is 0 Å². The van der Waals surface area contributed by atoms with Crippen LogP contribution in [0.2, 0.25) is 0 Å². The van der Waals surface area contributed by atoms with Gasteiger partial charge in [-0.25, -0.2) is 4.79 Å². The van der Waals surface area contributed by atoms with Crippen LogP contribution in [-0.4, -0.2) is 19.4 Å². The number of carbonyl (C=O) groups is 2. The van der Waals surface area contributed by atoms with E-state index in [0.29, 0.717) is 6.29 Å². The highest BCUT2D eigenvalue weighted by Gasteiger charge is 2.01. The number of carbonyl (C=O) groups excluding carboxylic acids is 2. The molecule has 0 aromatic carbocycles. The second kappa shape index (κ2) is 2.96. The Labute approximate surface area is 46.9 Å². The second-order valence-electron chi connectivity index (χ2n) is 1.13. The molecule has 0 saturated carbocycles. The fraction of sp³-hybridized carbons (Fsp3) is 0.200. The van der Waals surface area contributed by atoms with Crippen LogP contribution in [0, 0.1) is 0 Å². The molecular formula is C5H6O3. The van der Waals surface area contributed by atoms with Gasteiger partial charge >= 0.3 is 5.97 Å². The van der Waals surface area contributed by atoms with E-state index in [9.17, 15) is 9.59 Å². The Morgan fingerprint density at radius 1 is 1.75 bits per heavy atom. The van der Waals surface area contributed by atoms with Gasteiger partial charge in [0.25, 0.3) is 0 Å². The molecule has 0 bridgehead atoms. The van der Waals surface area contributed by atoms with Crippen molar-refractivity contribution in [3.8, 4) is 0 Å². The van der Waals surface area contributed by atoms with Crippen molar-refractivity contribution in [1.29, 1.82) is 0 Å². The summed E-state index contributed by atoms with van der Waals surface area (Å²) in [5.41, 5.74) is -0.160. The van der Waals surface area contributed by atoms with Gasteiger partial charge in [0.2, 0.25) is 0 Å². The second-order valence-corrected chi connectivity index (χ2v) is 1.13. The Hall–Kier alpha value is -1.12. The molecule has 0 aromatic heterocycles. The average molecular weight is 114 g/mol. The third-order valence-corrected chi connectivity index (χ3v) is 0.590. The fourth-order valence-electron chi connectivity index (χ4n) is 0.179. The highest BCUT2D eigenvalue weighted by atomic mass is 16.5. The molecule has 0 amide bonds. The van der Waals surface area contributed by atoms with Gasteiger partial charge in [-0.3, -0.25) is 4.79 Å². The van der Waals surface area contributed by atoms with Crippen molar-refractivity contribution in [3.05, 3.63) is 12.2 Å². The van der Waals surface area contributed by atoms with Gasteiger partial charge in [-0.15, -0.1) is 0 Å². The lowest BCUT2D eigenvalue weighted by atomic mass is 10.3. The monoisotopic (exact) mass is 114 g/mol. The molecule has 0 aliphatic rings. The number of ether oxygens (including phenoxy) is 1. The lowest BCUT2D eigenvalue weighted by Gasteiger charge is -1.90. The highest BCUT2D eigenvalue weighted by molar-refractivity contribution is 6.06. The maximum absolute atomic E-state index is 10.2. The largest absolute Gasteiger partial charge is 0.465 e. The highest BCUT2D eigenvalue weighted by Crippen LogP contribution is 1.85. The zero-order chi connectivity index (χ0) is 6.57. The van der Waals surface area contributed by atoms with Crippen LogP contribution in [0.1, 0.15) is 0 Å². The summed E-state index contributed by atoms with van der Waals surface area (Å²) < 4.78 is 4.13. The van der Waals surface area contributed by atoms with Crippen molar-refractivity contribution in [1.82, 2.24) is 0 Å². The summed E-state index contributed by atoms with van der Waals surface area (Å²) in [6.07, 6.45) is 0.353. The Morgan fingerprint density at radius 2 is 2.25 bits per heavy atom. The van der Waals surface area contributed by atoms with Gasteiger partial charge in [0, 0.05) is 0 Å². The molecule has 0 aliphatic heterocycles. The lowest BCUT2D eigenvalue weighted by molar-refractivity contribution is -0.136. The molecule has 0 saturated heterocycles. The van der Waals surface area contributed by atoms with Crippen molar-refractivity contribution < 1.29 is 14.3 Å². The predicted octanol–water partition coefficient (Wildman–Crippen LogP) is -0.0855. The van der Waals surface area contributed by atoms with Crippen molar-refractivity contribution in [2.75, 3.05) is 7.11 Å². The summed E-state index contributed by atoms with van der Waals surface area (Å²) in [7, 11) is 1.19. The normalized spacial score (nSPS) is 7.62. The number of esters is 1. The first-order valence-corrected chi connectivity index (χ1v) is 1.94. The zero-order valence-corrected chi connectivity index (χ0v) is 4.51. The van der Waals surface area contributed by atoms with Gasteiger partial charge in [0.1, 0.15) is 0 Å². The Morgan fingerprint density at radius 3 is 2.38 bits per heavy atom. The fourth-order valence-corrected chi connectivity index (χ4v) is 0.179. The van der Waals surface area contributed by atoms with E-state index in [-0.39, 0.29) is 5.57 Å². The van der Waals surface area contributed by atoms with Crippen LogP contribution in [0.15, 0.2) is 12.2 Å². The predicted molar refractivity (Wildman–Crippen MR) is 27.2 cm³/mol. The minimum Gasteiger partial charge on any atom is -0.465 e. The minimum atomic E-state index is -0.681. The van der Waals surface area contributed by atoms with E-state index in [0.717, 1.165) is 0 Å². The van der Waals surface area contributed by atoms with E-state index in [1.165, 1.54) is 7.11 Å². The zero-order valence-electron chi connectivity index (χ0n) is 4.51. The van der Waals surface area contributed by atoms with Crippen molar-refractivity contribution in [2.45, 2.75) is 0 Å². The van der Waals surface area contributed by atoms with E-state index in [4.69, 9.17) is 0 Å². The molecule has 0 aromatic rings. The molecule has 0 unspecified atom stereocenters. The van der Waals surface area contributed by atoms with E-state index >= 15 is 0 Å². The summed E-state index contributed by atoms with van der Waals surface area (Å²) in [6, 6.07) is 0. The number of rotatable bonds is 2. The van der Waals surface area contributed by atoms with Crippen LogP contribution in [0.25, 0.3) is 0 Å². The van der Waals surface area contributed by atoms with E-state index in [2.05, 4.69) is 11.3 Å². The molecule has 0 rings (SSSR count). The van der Waals surface area contributed by atoms with Crippen molar-refractivity contribution in [2.24, 2.45) is 0 Å². The summed E-state index contributed by atoms with van der Waals surface area (Å²) >= 11 is 0. The number of hydrogen-bond acceptors (Lipinski definition) is 3. The van der Waals surface area contributed by atoms with Crippen LogP contribution in [0.4, 0.5) is 0 Å². The van der Waals surface area contributed by atoms with Gasteiger partial charge in [-0.05, 0) is 0 Å². The molecule has 0 fully saturated rings. The van der Waals surface area contributed by atoms with Crippen LogP contribution in [0.3, 0.4) is 0 Å². The van der Waals surface area contributed by atoms with Crippen molar-refractivity contribution in [3.63, 3.8) is 0 Å². The summed E-state index contributed by atoms with van der Waals surface area (Å²) in [5.74, 6) is -0.681. The Bertz CT molecular complexity index is 126. The quantitative estimate of drug-likeness (QED) is 0.166. The van der Waals surface area contributed by atoms with Crippen LogP contribution in [-0.2, 0) is 14.3 Å². The van der Waals surface area contributed by atoms with Crippen LogP contribution < -0.4 is 0 Å². The standard InChI is InChI=1S/C5H6O3/c1-4(3-6)5(7)8-2/h3H,1H2,2H3. The number of hydrogen-bond donors (Lipinski definition) is 0. The van der Waals surface area contributed by atoms with Crippen LogP contribution >= 0.6 is 0 Å². The van der Waals surface area contributed by atoms with Gasteiger partial charge < -0.3 is 4.74 Å². The third kappa shape index (κ3) is 1.55. The molecule has 0 heterocycles. The smallest absolute Gasteiger partial charge is 0.340 e. The topological polar surface area (TPSA) is 43.4 Å². The molecule has 8 heavy (non-hydrogen) atoms. The number of methoxy groups -OCH3 is 1. The molecule has 3 nitrogen and oxygen atoms in total. The summed E-state index contributed by atoms with van der Waals surface area (Å²) in [6.45, 7) is 3.10. The molecular weight excluding hydrogens is 108 g/mol. The Kier molecular flexibility index (Phi) is 2.54. The molecule has 0 atom stereocenters. The lowest BCUT2D eigenvalue weighted by Crippen LogP contribution is -2.03. The van der Waals surface area contributed by atoms with Crippen LogP contribution in [0.5, 0.6) is 0 Å². The van der Waals surface area contributed by atoms with Gasteiger partial charge in [-0.1, -0.05) is 6.58 Å². The summed E-state index contributed by atoms with van der Waals surface area (Å²) in [4.78, 5) is 19.9. The molecule has 3 heteroatoms. The average Bonchev–Trinajstić information content (AvgIpc) is 1.84. The van der Waals surface area contributed by atoms with Crippen molar-refractivity contribution >= 4 is 12.3 Å². The molecule has 0 N–H and O–H groups in total. The first-order valence-electron chi connectivity index (χ1n) is 1.94. The number of aldehydes is 1. The first kappa shape index (κ1) is 6.88. The molecule has 44 valence electrons. The van der Waals surface area contributed by atoms with E-state index in [1.54, 1.807) is 0 Å². The summed E-state index contributed by atoms with van der Waals surface area (Å²) in [5, 5.41) is 0. The van der Waals surface area contributed by atoms with Gasteiger partial charge in [0.15, 0.2) is 6.29 Å². The SMILES string of the molecule is C=C(C=O)C(=O)OC. The Balaban J connectivity index is 3.82. The van der Waals surface area contributed by atoms with Gasteiger partial charge in [-0.2, -0.15) is 0 Å². The maximum Gasteiger partial charge on any atom is 0.340 e. The minimum absolute atomic E-state index is 0.160. The molecule has 0 spiro atoms.